The monoisotopic (exact) mass is 290 g/mol. The molecule has 1 aromatic rings. The fourth-order valence-electron chi connectivity index (χ4n) is 3.03. The lowest BCUT2D eigenvalue weighted by Crippen LogP contribution is -2.63. The number of carbonyl (C=O) groups excluding carboxylic acids is 1. The Kier molecular flexibility index (Phi) is 3.16. The Morgan fingerprint density at radius 3 is 2.67 bits per heavy atom. The second-order valence-corrected chi connectivity index (χ2v) is 5.41. The topological polar surface area (TPSA) is 60.9 Å². The maximum Gasteiger partial charge on any atom is 0.407 e. The van der Waals surface area contributed by atoms with Crippen molar-refractivity contribution < 1.29 is 19.1 Å². The second kappa shape index (κ2) is 4.87. The Morgan fingerprint density at radius 1 is 1.29 bits per heavy atom. The number of halogens is 1. The van der Waals surface area contributed by atoms with Gasteiger partial charge in [0.05, 0.1) is 6.54 Å². The molecule has 2 aliphatic heterocycles. The lowest BCUT2D eigenvalue weighted by molar-refractivity contribution is -0.125. The van der Waals surface area contributed by atoms with Crippen molar-refractivity contribution in [2.75, 3.05) is 19.6 Å². The molecule has 1 atom stereocenters. The highest BCUT2D eigenvalue weighted by Gasteiger charge is 2.49. The van der Waals surface area contributed by atoms with Crippen LogP contribution in [0.5, 0.6) is 0 Å². The third kappa shape index (κ3) is 2.26. The summed E-state index contributed by atoms with van der Waals surface area (Å²) in [5.74, 6) is -0.433. The summed E-state index contributed by atoms with van der Waals surface area (Å²) in [4.78, 5) is 26.7. The number of hydrogen-bond donors (Lipinski definition) is 1. The summed E-state index contributed by atoms with van der Waals surface area (Å²) in [5.41, 5.74) is -0.0836. The third-order valence-corrected chi connectivity index (χ3v) is 4.16. The van der Waals surface area contributed by atoms with Gasteiger partial charge in [0.2, 0.25) is 0 Å². The molecule has 1 fully saturated rings. The second-order valence-electron chi connectivity index (χ2n) is 5.41. The maximum absolute atomic E-state index is 13.0. The molecule has 5 nitrogen and oxygen atoms in total. The van der Waals surface area contributed by atoms with E-state index in [2.05, 4.69) is 0 Å². The van der Waals surface area contributed by atoms with Crippen molar-refractivity contribution in [3.63, 3.8) is 0 Å². The van der Waals surface area contributed by atoms with Crippen molar-refractivity contribution in [3.8, 4) is 0 Å². The normalized spacial score (nSPS) is 24.3. The molecule has 0 spiro atoms. The summed E-state index contributed by atoms with van der Waals surface area (Å²) < 4.78 is 13.0. The fourth-order valence-corrected chi connectivity index (χ4v) is 3.03. The van der Waals surface area contributed by atoms with Gasteiger partial charge in [-0.25, -0.2) is 9.18 Å². The van der Waals surface area contributed by atoms with Gasteiger partial charge < -0.3 is 14.9 Å². The first-order valence-corrected chi connectivity index (χ1v) is 6.73. The van der Waals surface area contributed by atoms with Crippen molar-refractivity contribution in [1.82, 2.24) is 9.80 Å². The Hall–Kier alpha value is -2.37. The highest BCUT2D eigenvalue weighted by molar-refractivity contribution is 6.01. The van der Waals surface area contributed by atoms with Crippen LogP contribution in [0, 0.1) is 5.82 Å². The van der Waals surface area contributed by atoms with Crippen LogP contribution in [-0.2, 0) is 11.2 Å². The number of rotatable bonds is 2. The molecule has 1 amide bonds. The smallest absolute Gasteiger partial charge is 0.407 e. The summed E-state index contributed by atoms with van der Waals surface area (Å²) in [5, 5.41) is 9.19. The number of piperazine rings is 1. The first-order chi connectivity index (χ1) is 10.0. The predicted molar refractivity (Wildman–Crippen MR) is 73.3 cm³/mol. The van der Waals surface area contributed by atoms with Crippen LogP contribution in [0.1, 0.15) is 5.56 Å². The van der Waals surface area contributed by atoms with E-state index in [1.807, 2.05) is 4.90 Å². The first-order valence-electron chi connectivity index (χ1n) is 6.73. The Balaban J connectivity index is 1.91. The van der Waals surface area contributed by atoms with Gasteiger partial charge in [0.15, 0.2) is 5.78 Å². The number of carboxylic acid groups (broad SMARTS) is 1. The number of hydrogen-bond acceptors (Lipinski definition) is 3. The van der Waals surface area contributed by atoms with Crippen LogP contribution in [0.2, 0.25) is 0 Å². The summed E-state index contributed by atoms with van der Waals surface area (Å²) >= 11 is 0. The van der Waals surface area contributed by atoms with Gasteiger partial charge in [-0.1, -0.05) is 12.1 Å². The molecule has 2 aliphatic rings. The Labute approximate surface area is 121 Å². The molecule has 0 aromatic heterocycles. The number of amides is 1. The molecule has 3 rings (SSSR count). The predicted octanol–water partition coefficient (Wildman–Crippen LogP) is 1.50. The highest BCUT2D eigenvalue weighted by Crippen LogP contribution is 2.32. The average Bonchev–Trinajstić information content (AvgIpc) is 2.78. The largest absolute Gasteiger partial charge is 0.465 e. The van der Waals surface area contributed by atoms with Crippen LogP contribution < -0.4 is 0 Å². The maximum atomic E-state index is 13.0. The summed E-state index contributed by atoms with van der Waals surface area (Å²) in [6, 6.07) is 5.96. The minimum Gasteiger partial charge on any atom is -0.465 e. The van der Waals surface area contributed by atoms with E-state index in [4.69, 9.17) is 0 Å². The molecule has 0 saturated carbocycles. The number of carbonyl (C=O) groups is 2. The third-order valence-electron chi connectivity index (χ3n) is 4.16. The highest BCUT2D eigenvalue weighted by atomic mass is 19.1. The van der Waals surface area contributed by atoms with Crippen molar-refractivity contribution >= 4 is 11.9 Å². The molecule has 0 radical (unpaired) electrons. The fraction of sp³-hybridized carbons (Fsp3) is 0.333. The van der Waals surface area contributed by atoms with Crippen LogP contribution in [0.3, 0.4) is 0 Å². The minimum absolute atomic E-state index is 0.0993. The van der Waals surface area contributed by atoms with Crippen LogP contribution in [-0.4, -0.2) is 52.0 Å². The number of fused-ring (bicyclic) bond motifs is 1. The number of nitrogens with zero attached hydrogens (tertiary/aromatic N) is 2. The molecule has 1 saturated heterocycles. The van der Waals surface area contributed by atoms with Gasteiger partial charge in [0, 0.05) is 25.7 Å². The lowest BCUT2D eigenvalue weighted by atomic mass is 9.85. The van der Waals surface area contributed by atoms with Crippen molar-refractivity contribution in [1.29, 1.82) is 0 Å². The molecule has 0 bridgehead atoms. The molecule has 1 unspecified atom stereocenters. The van der Waals surface area contributed by atoms with E-state index in [1.165, 1.54) is 23.1 Å². The molecular weight excluding hydrogens is 275 g/mol. The van der Waals surface area contributed by atoms with Gasteiger partial charge in [0.1, 0.15) is 11.4 Å². The Bertz CT molecular complexity index is 614. The van der Waals surface area contributed by atoms with Gasteiger partial charge in [-0.3, -0.25) is 4.79 Å². The van der Waals surface area contributed by atoms with Gasteiger partial charge >= 0.3 is 6.09 Å². The molecule has 110 valence electrons. The average molecular weight is 290 g/mol. The van der Waals surface area contributed by atoms with E-state index < -0.39 is 11.6 Å². The molecule has 1 aromatic carbocycles. The van der Waals surface area contributed by atoms with E-state index in [9.17, 15) is 19.1 Å². The van der Waals surface area contributed by atoms with Crippen molar-refractivity contribution in [2.24, 2.45) is 0 Å². The van der Waals surface area contributed by atoms with E-state index >= 15 is 0 Å². The SMILES string of the molecule is O=C(O)N1CCN2C=CC(=O)C2(Cc2ccc(F)cc2)C1. The molecule has 0 aliphatic carbocycles. The van der Waals surface area contributed by atoms with Crippen LogP contribution in [0.15, 0.2) is 36.5 Å². The number of benzene rings is 1. The van der Waals surface area contributed by atoms with E-state index in [-0.39, 0.29) is 18.1 Å². The zero-order valence-corrected chi connectivity index (χ0v) is 11.3. The van der Waals surface area contributed by atoms with E-state index in [1.54, 1.807) is 18.3 Å². The molecule has 6 heteroatoms. The standard InChI is InChI=1S/C15H15FN2O3/c16-12-3-1-11(2-4-12)9-15-10-17(14(20)21)7-8-18(15)6-5-13(15)19/h1-6H,7-10H2,(H,20,21). The minimum atomic E-state index is -1.02. The first kappa shape index (κ1) is 13.6. The molecule has 21 heavy (non-hydrogen) atoms. The van der Waals surface area contributed by atoms with Crippen molar-refractivity contribution in [2.45, 2.75) is 12.0 Å². The van der Waals surface area contributed by atoms with Crippen LogP contribution in [0.4, 0.5) is 9.18 Å². The van der Waals surface area contributed by atoms with Gasteiger partial charge in [-0.2, -0.15) is 0 Å². The van der Waals surface area contributed by atoms with Crippen molar-refractivity contribution in [3.05, 3.63) is 47.9 Å². The molecule has 2 heterocycles. The van der Waals surface area contributed by atoms with Gasteiger partial charge in [-0.15, -0.1) is 0 Å². The van der Waals surface area contributed by atoms with Gasteiger partial charge in [-0.05, 0) is 23.8 Å². The zero-order chi connectivity index (χ0) is 15.0. The van der Waals surface area contributed by atoms with Crippen LogP contribution in [0.25, 0.3) is 0 Å². The Morgan fingerprint density at radius 2 is 2.00 bits per heavy atom. The summed E-state index contributed by atoms with van der Waals surface area (Å²) in [6.07, 6.45) is 2.57. The molecule has 1 N–H and O–H groups in total. The molecular formula is C15H15FN2O3. The lowest BCUT2D eigenvalue weighted by Gasteiger charge is -2.45. The number of ketones is 1. The summed E-state index contributed by atoms with van der Waals surface area (Å²) in [6.45, 7) is 0.986. The zero-order valence-electron chi connectivity index (χ0n) is 11.3. The van der Waals surface area contributed by atoms with E-state index in [0.29, 0.717) is 19.5 Å². The van der Waals surface area contributed by atoms with Crippen LogP contribution >= 0.6 is 0 Å². The van der Waals surface area contributed by atoms with Gasteiger partial charge in [0.25, 0.3) is 0 Å². The van der Waals surface area contributed by atoms with E-state index in [0.717, 1.165) is 5.56 Å². The quantitative estimate of drug-likeness (QED) is 0.896. The summed E-state index contributed by atoms with van der Waals surface area (Å²) in [7, 11) is 0.